The quantitative estimate of drug-likeness (QED) is 0.718. The largest absolute Gasteiger partial charge is 0.495 e. The smallest absolute Gasteiger partial charge is 0.278 e. The molecule has 0 radical (unpaired) electrons. The van der Waals surface area contributed by atoms with Crippen LogP contribution in [-0.2, 0) is 4.79 Å². The summed E-state index contributed by atoms with van der Waals surface area (Å²) in [6.07, 6.45) is 8.41. The van der Waals surface area contributed by atoms with Crippen molar-refractivity contribution in [3.05, 3.63) is 35.9 Å². The lowest BCUT2D eigenvalue weighted by atomic mass is 9.97. The molecule has 1 aliphatic carbocycles. The fraction of sp³-hybridized carbons (Fsp3) is 0.591. The number of carbonyl (C=O) groups is 1. The van der Waals surface area contributed by atoms with E-state index in [1.165, 1.54) is 36.2 Å². The van der Waals surface area contributed by atoms with E-state index in [9.17, 15) is 4.79 Å². The molecule has 2 N–H and O–H groups in total. The SMILES string of the molecule is COc1ccccc1N1CC[NH+]([C@H](C)C(=O)NCCC2=CCCCC2)CC1. The van der Waals surface area contributed by atoms with Crippen LogP contribution in [0.25, 0.3) is 0 Å². The maximum atomic E-state index is 12.6. The summed E-state index contributed by atoms with van der Waals surface area (Å²) in [5, 5.41) is 3.15. The summed E-state index contributed by atoms with van der Waals surface area (Å²) in [6, 6.07) is 8.17. The average Bonchev–Trinajstić information content (AvgIpc) is 2.74. The van der Waals surface area contributed by atoms with Crippen molar-refractivity contribution in [1.29, 1.82) is 0 Å². The molecule has 0 saturated carbocycles. The lowest BCUT2D eigenvalue weighted by molar-refractivity contribution is -0.914. The Morgan fingerprint density at radius 1 is 1.26 bits per heavy atom. The second-order valence-corrected chi connectivity index (χ2v) is 7.69. The van der Waals surface area contributed by atoms with Gasteiger partial charge >= 0.3 is 0 Å². The van der Waals surface area contributed by atoms with Crippen molar-refractivity contribution < 1.29 is 14.4 Å². The lowest BCUT2D eigenvalue weighted by Crippen LogP contribution is -3.19. The van der Waals surface area contributed by atoms with Gasteiger partial charge in [0.15, 0.2) is 6.04 Å². The average molecular weight is 373 g/mol. The zero-order chi connectivity index (χ0) is 19.1. The zero-order valence-electron chi connectivity index (χ0n) is 16.8. The van der Waals surface area contributed by atoms with Crippen LogP contribution in [0.15, 0.2) is 35.9 Å². The van der Waals surface area contributed by atoms with Crippen molar-refractivity contribution in [2.24, 2.45) is 0 Å². The zero-order valence-corrected chi connectivity index (χ0v) is 16.8. The third-order valence-electron chi connectivity index (χ3n) is 5.97. The van der Waals surface area contributed by atoms with Gasteiger partial charge in [-0.05, 0) is 51.2 Å². The molecule has 3 rings (SSSR count). The Morgan fingerprint density at radius 3 is 2.74 bits per heavy atom. The fourth-order valence-corrected chi connectivity index (χ4v) is 4.18. The number of quaternary nitrogens is 1. The van der Waals surface area contributed by atoms with E-state index in [0.29, 0.717) is 0 Å². The van der Waals surface area contributed by atoms with E-state index < -0.39 is 0 Å². The number of hydrogen-bond donors (Lipinski definition) is 2. The highest BCUT2D eigenvalue weighted by Gasteiger charge is 2.29. The third-order valence-corrected chi connectivity index (χ3v) is 5.97. The fourth-order valence-electron chi connectivity index (χ4n) is 4.18. The van der Waals surface area contributed by atoms with Gasteiger partial charge < -0.3 is 19.9 Å². The van der Waals surface area contributed by atoms with Gasteiger partial charge in [0.1, 0.15) is 5.75 Å². The molecular formula is C22H34N3O2+. The molecule has 1 aromatic carbocycles. The van der Waals surface area contributed by atoms with Gasteiger partial charge in [0.2, 0.25) is 0 Å². The lowest BCUT2D eigenvalue weighted by Gasteiger charge is -2.36. The number of rotatable bonds is 7. The summed E-state index contributed by atoms with van der Waals surface area (Å²) in [5.74, 6) is 1.11. The first-order chi connectivity index (χ1) is 13.2. The minimum absolute atomic E-state index is 0.00477. The van der Waals surface area contributed by atoms with E-state index in [2.05, 4.69) is 35.3 Å². The summed E-state index contributed by atoms with van der Waals surface area (Å²) in [5.41, 5.74) is 2.67. The summed E-state index contributed by atoms with van der Waals surface area (Å²) in [6.45, 7) is 6.66. The molecule has 1 amide bonds. The number of para-hydroxylation sites is 2. The van der Waals surface area contributed by atoms with Gasteiger partial charge in [0.25, 0.3) is 5.91 Å². The molecular weight excluding hydrogens is 338 g/mol. The Balaban J connectivity index is 1.44. The number of methoxy groups -OCH3 is 1. The second kappa shape index (κ2) is 9.79. The number of piperazine rings is 1. The summed E-state index contributed by atoms with van der Waals surface area (Å²) in [4.78, 5) is 16.3. The van der Waals surface area contributed by atoms with Crippen LogP contribution in [0, 0.1) is 0 Å². The van der Waals surface area contributed by atoms with Crippen LogP contribution in [0.3, 0.4) is 0 Å². The highest BCUT2D eigenvalue weighted by atomic mass is 16.5. The predicted octanol–water partition coefficient (Wildman–Crippen LogP) is 1.80. The third kappa shape index (κ3) is 5.25. The van der Waals surface area contributed by atoms with Gasteiger partial charge in [-0.25, -0.2) is 0 Å². The monoisotopic (exact) mass is 372 g/mol. The van der Waals surface area contributed by atoms with Gasteiger partial charge in [-0.2, -0.15) is 0 Å². The molecule has 1 heterocycles. The molecule has 2 aliphatic rings. The first-order valence-corrected chi connectivity index (χ1v) is 10.4. The molecule has 1 fully saturated rings. The first kappa shape index (κ1) is 19.7. The normalized spacial score (nSPS) is 19.3. The predicted molar refractivity (Wildman–Crippen MR) is 110 cm³/mol. The Hall–Kier alpha value is -2.01. The van der Waals surface area contributed by atoms with Crippen molar-refractivity contribution in [2.75, 3.05) is 44.7 Å². The van der Waals surface area contributed by atoms with Gasteiger partial charge in [-0.15, -0.1) is 0 Å². The van der Waals surface area contributed by atoms with Crippen molar-refractivity contribution >= 4 is 11.6 Å². The van der Waals surface area contributed by atoms with E-state index in [4.69, 9.17) is 4.74 Å². The number of allylic oxidation sites excluding steroid dienone is 1. The molecule has 148 valence electrons. The van der Waals surface area contributed by atoms with Crippen LogP contribution in [0.2, 0.25) is 0 Å². The molecule has 1 aliphatic heterocycles. The number of amides is 1. The number of benzene rings is 1. The number of nitrogens with one attached hydrogen (secondary N) is 2. The second-order valence-electron chi connectivity index (χ2n) is 7.69. The highest BCUT2D eigenvalue weighted by molar-refractivity contribution is 5.79. The van der Waals surface area contributed by atoms with E-state index in [1.54, 1.807) is 7.11 Å². The van der Waals surface area contributed by atoms with Crippen LogP contribution < -0.4 is 19.9 Å². The summed E-state index contributed by atoms with van der Waals surface area (Å²) >= 11 is 0. The molecule has 0 spiro atoms. The Labute approximate surface area is 163 Å². The van der Waals surface area contributed by atoms with Gasteiger partial charge in [-0.3, -0.25) is 4.79 Å². The minimum Gasteiger partial charge on any atom is -0.495 e. The standard InChI is InChI=1S/C22H33N3O2/c1-18(22(26)23-13-12-19-8-4-3-5-9-19)24-14-16-25(17-15-24)20-10-6-7-11-21(20)27-2/h6-8,10-11,18H,3-5,9,12-17H2,1-2H3,(H,23,26)/p+1/t18-/m1/s1. The molecule has 1 atom stereocenters. The molecule has 0 aromatic heterocycles. The van der Waals surface area contributed by atoms with E-state index in [0.717, 1.165) is 50.6 Å². The van der Waals surface area contributed by atoms with Gasteiger partial charge in [0, 0.05) is 6.54 Å². The van der Waals surface area contributed by atoms with Crippen LogP contribution in [0.4, 0.5) is 5.69 Å². The summed E-state index contributed by atoms with van der Waals surface area (Å²) in [7, 11) is 1.72. The van der Waals surface area contributed by atoms with Gasteiger partial charge in [0.05, 0.1) is 39.0 Å². The Bertz CT molecular complexity index is 651. The molecule has 1 saturated heterocycles. The van der Waals surface area contributed by atoms with Crippen molar-refractivity contribution in [2.45, 2.75) is 45.1 Å². The molecule has 5 nitrogen and oxygen atoms in total. The van der Waals surface area contributed by atoms with Crippen molar-refractivity contribution in [3.63, 3.8) is 0 Å². The number of ether oxygens (including phenoxy) is 1. The van der Waals surface area contributed by atoms with Crippen LogP contribution in [0.1, 0.15) is 39.0 Å². The maximum absolute atomic E-state index is 12.6. The molecule has 1 aromatic rings. The van der Waals surface area contributed by atoms with E-state index >= 15 is 0 Å². The molecule has 0 bridgehead atoms. The highest BCUT2D eigenvalue weighted by Crippen LogP contribution is 2.27. The van der Waals surface area contributed by atoms with Crippen molar-refractivity contribution in [1.82, 2.24) is 5.32 Å². The van der Waals surface area contributed by atoms with Crippen LogP contribution in [-0.4, -0.2) is 51.8 Å². The minimum atomic E-state index is 0.00477. The number of hydrogen-bond acceptors (Lipinski definition) is 3. The Morgan fingerprint density at radius 2 is 2.04 bits per heavy atom. The Kier molecular flexibility index (Phi) is 7.16. The molecule has 5 heteroatoms. The number of nitrogens with zero attached hydrogens (tertiary/aromatic N) is 1. The maximum Gasteiger partial charge on any atom is 0.278 e. The van der Waals surface area contributed by atoms with Crippen LogP contribution >= 0.6 is 0 Å². The van der Waals surface area contributed by atoms with Gasteiger partial charge in [-0.1, -0.05) is 23.8 Å². The van der Waals surface area contributed by atoms with Crippen molar-refractivity contribution in [3.8, 4) is 5.75 Å². The molecule has 0 unspecified atom stereocenters. The topological polar surface area (TPSA) is 46.0 Å². The number of carbonyl (C=O) groups excluding carboxylic acids is 1. The first-order valence-electron chi connectivity index (χ1n) is 10.4. The van der Waals surface area contributed by atoms with E-state index in [1.807, 2.05) is 12.1 Å². The molecule has 27 heavy (non-hydrogen) atoms. The van der Waals surface area contributed by atoms with Crippen LogP contribution in [0.5, 0.6) is 5.75 Å². The number of anilines is 1. The summed E-state index contributed by atoms with van der Waals surface area (Å²) < 4.78 is 5.49. The van der Waals surface area contributed by atoms with E-state index in [-0.39, 0.29) is 11.9 Å².